The fourth-order valence-electron chi connectivity index (χ4n) is 2.08. The molecule has 0 aromatic carbocycles. The van der Waals surface area contributed by atoms with Crippen LogP contribution in [0.2, 0.25) is 0 Å². The van der Waals surface area contributed by atoms with Gasteiger partial charge < -0.3 is 0 Å². The summed E-state index contributed by atoms with van der Waals surface area (Å²) in [5, 5.41) is 6.20. The second kappa shape index (κ2) is 5.17. The summed E-state index contributed by atoms with van der Waals surface area (Å²) < 4.78 is 2.84. The van der Waals surface area contributed by atoms with Gasteiger partial charge in [0, 0.05) is 29.1 Å². The molecule has 3 rings (SSSR count). The van der Waals surface area contributed by atoms with Gasteiger partial charge in [-0.25, -0.2) is 9.67 Å². The van der Waals surface area contributed by atoms with Gasteiger partial charge in [0.2, 0.25) is 0 Å². The molecular formula is C15H16N4O2S. The summed E-state index contributed by atoms with van der Waals surface area (Å²) >= 11 is 1.38. The van der Waals surface area contributed by atoms with Crippen molar-refractivity contribution < 1.29 is 0 Å². The number of hydrogen-bond donors (Lipinski definition) is 0. The first-order valence-electron chi connectivity index (χ1n) is 6.89. The highest BCUT2D eigenvalue weighted by Crippen LogP contribution is 2.18. The minimum absolute atomic E-state index is 0.152. The Kier molecular flexibility index (Phi) is 3.44. The van der Waals surface area contributed by atoms with Crippen molar-refractivity contribution >= 4 is 16.3 Å². The highest BCUT2D eigenvalue weighted by atomic mass is 32.1. The third-order valence-electron chi connectivity index (χ3n) is 3.30. The Labute approximate surface area is 130 Å². The third-order valence-corrected chi connectivity index (χ3v) is 4.06. The van der Waals surface area contributed by atoms with E-state index in [4.69, 9.17) is 0 Å². The molecule has 0 aliphatic rings. The predicted octanol–water partition coefficient (Wildman–Crippen LogP) is 1.66. The van der Waals surface area contributed by atoms with Crippen LogP contribution in [-0.2, 0) is 12.0 Å². The molecule has 0 amide bonds. The quantitative estimate of drug-likeness (QED) is 0.721. The molecule has 3 heterocycles. The zero-order chi connectivity index (χ0) is 15.9. The lowest BCUT2D eigenvalue weighted by atomic mass is 9.92. The largest absolute Gasteiger partial charge is 0.269 e. The molecule has 0 bridgehead atoms. The summed E-state index contributed by atoms with van der Waals surface area (Å²) in [4.78, 5) is 29.0. The maximum absolute atomic E-state index is 12.0. The molecule has 0 radical (unpaired) electrons. The van der Waals surface area contributed by atoms with Crippen LogP contribution in [0.5, 0.6) is 0 Å². The fourth-order valence-corrected chi connectivity index (χ4v) is 2.82. The lowest BCUT2D eigenvalue weighted by molar-refractivity contribution is 0.515. The molecule has 3 aromatic rings. The number of aromatic nitrogens is 4. The summed E-state index contributed by atoms with van der Waals surface area (Å²) in [5.74, 6) is 0. The SMILES string of the molecule is CC(C)(C)c1ccc(=O)n(Cc2cc(=O)n3ccsc3n2)n1. The summed E-state index contributed by atoms with van der Waals surface area (Å²) in [7, 11) is 0. The van der Waals surface area contributed by atoms with Gasteiger partial charge in [-0.3, -0.25) is 14.0 Å². The van der Waals surface area contributed by atoms with Gasteiger partial charge in [-0.05, 0) is 6.07 Å². The van der Waals surface area contributed by atoms with Crippen LogP contribution < -0.4 is 11.1 Å². The average Bonchev–Trinajstić information content (AvgIpc) is 2.89. The Balaban J connectivity index is 2.04. The molecule has 0 saturated heterocycles. The smallest absolute Gasteiger partial charge is 0.267 e. The van der Waals surface area contributed by atoms with Crippen LogP contribution in [0.1, 0.15) is 32.2 Å². The van der Waals surface area contributed by atoms with Gasteiger partial charge in [0.15, 0.2) is 4.96 Å². The standard InChI is InChI=1S/C15H16N4O2S/c1-15(2,3)11-4-5-12(20)19(17-11)9-10-8-13(21)18-6-7-22-14(18)16-10/h4-8H,9H2,1-3H3. The molecule has 0 spiro atoms. The van der Waals surface area contributed by atoms with E-state index >= 15 is 0 Å². The van der Waals surface area contributed by atoms with Crippen LogP contribution in [0.15, 0.2) is 39.4 Å². The molecule has 0 N–H and O–H groups in total. The molecule has 0 aliphatic heterocycles. The number of hydrogen-bond acceptors (Lipinski definition) is 5. The van der Waals surface area contributed by atoms with Crippen molar-refractivity contribution in [2.75, 3.05) is 0 Å². The lowest BCUT2D eigenvalue weighted by Crippen LogP contribution is -2.28. The highest BCUT2D eigenvalue weighted by Gasteiger charge is 2.17. The van der Waals surface area contributed by atoms with Gasteiger partial charge in [0.05, 0.1) is 17.9 Å². The first kappa shape index (κ1) is 14.6. The van der Waals surface area contributed by atoms with Crippen molar-refractivity contribution in [3.63, 3.8) is 0 Å². The van der Waals surface area contributed by atoms with Crippen molar-refractivity contribution in [1.29, 1.82) is 0 Å². The summed E-state index contributed by atoms with van der Waals surface area (Å²) in [6.07, 6.45) is 1.68. The van der Waals surface area contributed by atoms with Crippen molar-refractivity contribution in [2.24, 2.45) is 0 Å². The van der Waals surface area contributed by atoms with Gasteiger partial charge in [-0.2, -0.15) is 5.10 Å². The van der Waals surface area contributed by atoms with E-state index < -0.39 is 0 Å². The van der Waals surface area contributed by atoms with Crippen molar-refractivity contribution in [3.05, 3.63) is 61.9 Å². The van der Waals surface area contributed by atoms with Crippen molar-refractivity contribution in [2.45, 2.75) is 32.7 Å². The lowest BCUT2D eigenvalue weighted by Gasteiger charge is -2.18. The summed E-state index contributed by atoms with van der Waals surface area (Å²) in [6.45, 7) is 6.29. The zero-order valence-electron chi connectivity index (χ0n) is 12.6. The minimum Gasteiger partial charge on any atom is -0.269 e. The van der Waals surface area contributed by atoms with Crippen LogP contribution in [0.4, 0.5) is 0 Å². The fraction of sp³-hybridized carbons (Fsp3) is 0.333. The summed E-state index contributed by atoms with van der Waals surface area (Å²) in [6, 6.07) is 4.69. The van der Waals surface area contributed by atoms with E-state index in [1.807, 2.05) is 20.8 Å². The molecule has 0 atom stereocenters. The van der Waals surface area contributed by atoms with E-state index in [9.17, 15) is 9.59 Å². The topological polar surface area (TPSA) is 69.3 Å². The molecule has 0 saturated carbocycles. The molecule has 114 valence electrons. The van der Waals surface area contributed by atoms with E-state index in [-0.39, 0.29) is 23.1 Å². The number of nitrogens with zero attached hydrogens (tertiary/aromatic N) is 4. The highest BCUT2D eigenvalue weighted by molar-refractivity contribution is 7.15. The van der Waals surface area contributed by atoms with E-state index in [0.717, 1.165) is 5.69 Å². The van der Waals surface area contributed by atoms with Gasteiger partial charge in [-0.1, -0.05) is 20.8 Å². The first-order chi connectivity index (χ1) is 10.3. The summed E-state index contributed by atoms with van der Waals surface area (Å²) in [5.41, 5.74) is 0.844. The monoisotopic (exact) mass is 316 g/mol. The van der Waals surface area contributed by atoms with E-state index in [2.05, 4.69) is 10.1 Å². The van der Waals surface area contributed by atoms with Gasteiger partial charge in [0.25, 0.3) is 11.1 Å². The molecule has 22 heavy (non-hydrogen) atoms. The van der Waals surface area contributed by atoms with Gasteiger partial charge >= 0.3 is 0 Å². The maximum atomic E-state index is 12.0. The second-order valence-electron chi connectivity index (χ2n) is 6.11. The van der Waals surface area contributed by atoms with Crippen LogP contribution >= 0.6 is 11.3 Å². The average molecular weight is 316 g/mol. The van der Waals surface area contributed by atoms with Crippen LogP contribution in [-0.4, -0.2) is 19.2 Å². The maximum Gasteiger partial charge on any atom is 0.267 e. The third kappa shape index (κ3) is 2.71. The Morgan fingerprint density at radius 1 is 1.18 bits per heavy atom. The molecule has 6 nitrogen and oxygen atoms in total. The number of thiazole rings is 1. The van der Waals surface area contributed by atoms with Gasteiger partial charge in [0.1, 0.15) is 0 Å². The van der Waals surface area contributed by atoms with E-state index in [1.165, 1.54) is 32.6 Å². The Morgan fingerprint density at radius 2 is 1.95 bits per heavy atom. The van der Waals surface area contributed by atoms with E-state index in [1.54, 1.807) is 17.6 Å². The predicted molar refractivity (Wildman–Crippen MR) is 85.6 cm³/mol. The van der Waals surface area contributed by atoms with Crippen LogP contribution in [0, 0.1) is 0 Å². The number of rotatable bonds is 2. The molecule has 0 aliphatic carbocycles. The molecular weight excluding hydrogens is 300 g/mol. The Morgan fingerprint density at radius 3 is 2.68 bits per heavy atom. The van der Waals surface area contributed by atoms with E-state index in [0.29, 0.717) is 10.7 Å². The van der Waals surface area contributed by atoms with Gasteiger partial charge in [-0.15, -0.1) is 11.3 Å². The molecule has 0 fully saturated rings. The molecule has 7 heteroatoms. The van der Waals surface area contributed by atoms with Crippen molar-refractivity contribution in [3.8, 4) is 0 Å². The number of fused-ring (bicyclic) bond motifs is 1. The molecule has 0 unspecified atom stereocenters. The van der Waals surface area contributed by atoms with Crippen LogP contribution in [0.25, 0.3) is 4.96 Å². The second-order valence-corrected chi connectivity index (χ2v) is 6.98. The first-order valence-corrected chi connectivity index (χ1v) is 7.77. The Hall–Kier alpha value is -2.28. The minimum atomic E-state index is -0.207. The normalized spacial score (nSPS) is 12.0. The van der Waals surface area contributed by atoms with Crippen LogP contribution in [0.3, 0.4) is 0 Å². The molecule has 3 aromatic heterocycles. The Bertz CT molecular complexity index is 946. The van der Waals surface area contributed by atoms with Crippen molar-refractivity contribution in [1.82, 2.24) is 19.2 Å². The zero-order valence-corrected chi connectivity index (χ0v) is 13.4.